The Morgan fingerprint density at radius 1 is 1.07 bits per heavy atom. The summed E-state index contributed by atoms with van der Waals surface area (Å²) in [5.41, 5.74) is 0.958. The average molecular weight is 418 g/mol. The second-order valence-electron chi connectivity index (χ2n) is 8.28. The Morgan fingerprint density at radius 3 is 2.50 bits per heavy atom. The smallest absolute Gasteiger partial charge is 0.330 e. The fourth-order valence-corrected chi connectivity index (χ4v) is 4.75. The Morgan fingerprint density at radius 2 is 1.80 bits per heavy atom. The number of piperidine rings is 1. The summed E-state index contributed by atoms with van der Waals surface area (Å²) in [6.45, 7) is 2.71. The maximum Gasteiger partial charge on any atom is 0.419 e. The van der Waals surface area contributed by atoms with E-state index in [1.54, 1.807) is 0 Å². The van der Waals surface area contributed by atoms with E-state index in [1.807, 2.05) is 25.2 Å². The summed E-state index contributed by atoms with van der Waals surface area (Å²) in [4.78, 5) is 7.08. The van der Waals surface area contributed by atoms with Gasteiger partial charge in [-0.3, -0.25) is 4.90 Å². The number of imidazole rings is 1. The molecule has 1 aliphatic carbocycles. The molecule has 2 aromatic carbocycles. The second kappa shape index (κ2) is 7.06. The van der Waals surface area contributed by atoms with Crippen LogP contribution in [0.15, 0.2) is 42.5 Å². The number of hydrogen-bond acceptors (Lipinski definition) is 3. The molecule has 0 bridgehead atoms. The van der Waals surface area contributed by atoms with Crippen LogP contribution in [0, 0.1) is 17.7 Å². The first-order valence-corrected chi connectivity index (χ1v) is 10.0. The number of nitrogens with zero attached hydrogens (tertiary/aromatic N) is 3. The lowest BCUT2D eigenvalue weighted by molar-refractivity contribution is -0.140. The summed E-state index contributed by atoms with van der Waals surface area (Å²) in [6.07, 6.45) is -4.67. The van der Waals surface area contributed by atoms with E-state index in [0.717, 1.165) is 42.6 Å². The highest BCUT2D eigenvalue weighted by Gasteiger charge is 2.55. The SMILES string of the molecule is Cn1c(CN2C[C@@H]3C(NCc4cccc(C(F)(F)F)c4F)[C@@H]3C2)nc2ccccc21. The number of rotatable bonds is 5. The summed E-state index contributed by atoms with van der Waals surface area (Å²) < 4.78 is 54.9. The molecule has 2 aliphatic rings. The van der Waals surface area contributed by atoms with E-state index in [9.17, 15) is 17.6 Å². The maximum absolute atomic E-state index is 14.2. The summed E-state index contributed by atoms with van der Waals surface area (Å²) in [7, 11) is 2.02. The molecule has 0 spiro atoms. The van der Waals surface area contributed by atoms with Gasteiger partial charge in [0, 0.05) is 38.3 Å². The first kappa shape index (κ1) is 19.5. The highest BCUT2D eigenvalue weighted by atomic mass is 19.4. The van der Waals surface area contributed by atoms with Gasteiger partial charge in [-0.05, 0) is 30.0 Å². The molecule has 0 amide bonds. The molecule has 0 radical (unpaired) electrons. The summed E-state index contributed by atoms with van der Waals surface area (Å²) >= 11 is 0. The van der Waals surface area contributed by atoms with Gasteiger partial charge in [-0.25, -0.2) is 9.37 Å². The molecule has 1 N–H and O–H groups in total. The zero-order valence-electron chi connectivity index (χ0n) is 16.5. The van der Waals surface area contributed by atoms with Crippen LogP contribution in [-0.4, -0.2) is 33.6 Å². The van der Waals surface area contributed by atoms with Gasteiger partial charge in [0.1, 0.15) is 11.6 Å². The van der Waals surface area contributed by atoms with Crippen molar-refractivity contribution in [1.29, 1.82) is 0 Å². The van der Waals surface area contributed by atoms with Gasteiger partial charge in [0.05, 0.1) is 23.1 Å². The molecule has 1 aliphatic heterocycles. The van der Waals surface area contributed by atoms with Gasteiger partial charge in [0.15, 0.2) is 0 Å². The van der Waals surface area contributed by atoms with Crippen LogP contribution in [-0.2, 0) is 26.3 Å². The van der Waals surface area contributed by atoms with E-state index in [4.69, 9.17) is 4.98 Å². The molecule has 1 saturated heterocycles. The van der Waals surface area contributed by atoms with Crippen molar-refractivity contribution in [2.24, 2.45) is 18.9 Å². The molecule has 1 aromatic heterocycles. The largest absolute Gasteiger partial charge is 0.419 e. The molecule has 8 heteroatoms. The Bertz CT molecular complexity index is 1080. The Balaban J connectivity index is 1.17. The van der Waals surface area contributed by atoms with Gasteiger partial charge >= 0.3 is 6.18 Å². The number of alkyl halides is 3. The number of hydrogen-bond donors (Lipinski definition) is 1. The predicted octanol–water partition coefficient (Wildman–Crippen LogP) is 3.95. The van der Waals surface area contributed by atoms with Crippen LogP contribution in [0.5, 0.6) is 0 Å². The minimum atomic E-state index is -4.67. The minimum Gasteiger partial charge on any atom is -0.330 e. The third kappa shape index (κ3) is 3.37. The first-order chi connectivity index (χ1) is 14.3. The number of fused-ring (bicyclic) bond motifs is 2. The molecule has 30 heavy (non-hydrogen) atoms. The lowest BCUT2D eigenvalue weighted by Gasteiger charge is -2.19. The van der Waals surface area contributed by atoms with Crippen molar-refractivity contribution in [1.82, 2.24) is 19.8 Å². The van der Waals surface area contributed by atoms with Crippen LogP contribution >= 0.6 is 0 Å². The third-order valence-electron chi connectivity index (χ3n) is 6.43. The van der Waals surface area contributed by atoms with Crippen LogP contribution < -0.4 is 5.32 Å². The number of para-hydroxylation sites is 2. The molecule has 3 atom stereocenters. The summed E-state index contributed by atoms with van der Waals surface area (Å²) in [5.74, 6) is 0.752. The molecule has 5 rings (SSSR count). The number of aromatic nitrogens is 2. The van der Waals surface area contributed by atoms with Crippen LogP contribution in [0.1, 0.15) is 17.0 Å². The quantitative estimate of drug-likeness (QED) is 0.637. The standard InChI is InChI=1S/C22H22F4N4/c1-29-18-8-3-2-7-17(18)28-19(29)12-30-10-14-15(11-30)21(14)27-9-13-5-4-6-16(20(13)23)22(24,25)26/h2-8,14-15,21,27H,9-12H2,1H3/t14-,15+,21?. The van der Waals surface area contributed by atoms with Crippen molar-refractivity contribution in [3.63, 3.8) is 0 Å². The molecule has 158 valence electrons. The highest BCUT2D eigenvalue weighted by molar-refractivity contribution is 5.75. The monoisotopic (exact) mass is 418 g/mol. The van der Waals surface area contributed by atoms with E-state index in [2.05, 4.69) is 20.9 Å². The van der Waals surface area contributed by atoms with E-state index in [1.165, 1.54) is 12.1 Å². The first-order valence-electron chi connectivity index (χ1n) is 10.0. The Kier molecular flexibility index (Phi) is 4.59. The van der Waals surface area contributed by atoms with Gasteiger partial charge in [-0.2, -0.15) is 13.2 Å². The number of likely N-dealkylation sites (tertiary alicyclic amines) is 1. The van der Waals surface area contributed by atoms with Crippen molar-refractivity contribution in [3.8, 4) is 0 Å². The van der Waals surface area contributed by atoms with Crippen LogP contribution in [0.2, 0.25) is 0 Å². The van der Waals surface area contributed by atoms with Gasteiger partial charge in [0.25, 0.3) is 0 Å². The highest BCUT2D eigenvalue weighted by Crippen LogP contribution is 2.46. The zero-order chi connectivity index (χ0) is 21.0. The predicted molar refractivity (Wildman–Crippen MR) is 105 cm³/mol. The molecule has 1 unspecified atom stereocenters. The van der Waals surface area contributed by atoms with Crippen molar-refractivity contribution in [3.05, 3.63) is 65.2 Å². The molecule has 3 aromatic rings. The van der Waals surface area contributed by atoms with E-state index in [0.29, 0.717) is 11.8 Å². The van der Waals surface area contributed by atoms with E-state index < -0.39 is 17.6 Å². The fraction of sp³-hybridized carbons (Fsp3) is 0.409. The minimum absolute atomic E-state index is 0.0614. The number of aryl methyl sites for hydroxylation is 1. The molecule has 2 heterocycles. The molecular weight excluding hydrogens is 396 g/mol. The van der Waals surface area contributed by atoms with E-state index >= 15 is 0 Å². The van der Waals surface area contributed by atoms with Gasteiger partial charge < -0.3 is 9.88 Å². The fourth-order valence-electron chi connectivity index (χ4n) is 4.75. The topological polar surface area (TPSA) is 33.1 Å². The van der Waals surface area contributed by atoms with Crippen molar-refractivity contribution < 1.29 is 17.6 Å². The number of benzene rings is 2. The number of nitrogens with one attached hydrogen (secondary N) is 1. The Labute approximate surface area is 171 Å². The maximum atomic E-state index is 14.2. The van der Waals surface area contributed by atoms with Crippen LogP contribution in [0.25, 0.3) is 11.0 Å². The molecular formula is C22H22F4N4. The van der Waals surface area contributed by atoms with Crippen molar-refractivity contribution in [2.45, 2.75) is 25.3 Å². The van der Waals surface area contributed by atoms with E-state index in [-0.39, 0.29) is 18.2 Å². The molecule has 2 fully saturated rings. The third-order valence-corrected chi connectivity index (χ3v) is 6.43. The van der Waals surface area contributed by atoms with Crippen molar-refractivity contribution >= 4 is 11.0 Å². The van der Waals surface area contributed by atoms with Gasteiger partial charge in [-0.15, -0.1) is 0 Å². The average Bonchev–Trinajstić information content (AvgIpc) is 3.02. The second-order valence-corrected chi connectivity index (χ2v) is 8.28. The Hall–Kier alpha value is -2.45. The van der Waals surface area contributed by atoms with Crippen LogP contribution in [0.4, 0.5) is 17.6 Å². The zero-order valence-corrected chi connectivity index (χ0v) is 16.5. The number of halogens is 4. The molecule has 1 saturated carbocycles. The lowest BCUT2D eigenvalue weighted by atomic mass is 10.1. The summed E-state index contributed by atoms with van der Waals surface area (Å²) in [6, 6.07) is 11.7. The van der Waals surface area contributed by atoms with Gasteiger partial charge in [0.2, 0.25) is 0 Å². The molecule has 4 nitrogen and oxygen atoms in total. The summed E-state index contributed by atoms with van der Waals surface area (Å²) in [5, 5.41) is 3.26. The van der Waals surface area contributed by atoms with Gasteiger partial charge in [-0.1, -0.05) is 24.3 Å². The van der Waals surface area contributed by atoms with Crippen LogP contribution in [0.3, 0.4) is 0 Å². The lowest BCUT2D eigenvalue weighted by Crippen LogP contribution is -2.31. The normalized spacial score (nSPS) is 23.8. The van der Waals surface area contributed by atoms with Crippen molar-refractivity contribution in [2.75, 3.05) is 13.1 Å².